The van der Waals surface area contributed by atoms with Gasteiger partial charge in [0.05, 0.1) is 23.9 Å². The van der Waals surface area contributed by atoms with Gasteiger partial charge < -0.3 is 24.8 Å². The standard InChI is InChI=1S/C26H28FN5O2S/c27-18-8-10-19(11-9-18)29-23(33)12-15-32-25(24(30-26(32)35)21-6-1-2-13-28-21)22-7-3-14-31(22)17-20-5-4-16-34-20/h1-3,6-11,13-14,20,24-25H,4-5,12,15-17H2,(H,29,33)(H,30,35)/t20-,24-,25-/m1/s1. The summed E-state index contributed by atoms with van der Waals surface area (Å²) >= 11 is 5.73. The minimum Gasteiger partial charge on any atom is -0.376 e. The molecule has 9 heteroatoms. The molecule has 1 amide bonds. The van der Waals surface area contributed by atoms with Crippen LogP contribution in [0.25, 0.3) is 0 Å². The van der Waals surface area contributed by atoms with E-state index >= 15 is 0 Å². The van der Waals surface area contributed by atoms with Crippen LogP contribution in [0.2, 0.25) is 0 Å². The Bertz CT molecular complexity index is 1160. The van der Waals surface area contributed by atoms with Gasteiger partial charge in [-0.3, -0.25) is 9.78 Å². The third kappa shape index (κ3) is 5.36. The number of halogens is 1. The Morgan fingerprint density at radius 2 is 2.06 bits per heavy atom. The van der Waals surface area contributed by atoms with Crippen molar-refractivity contribution >= 4 is 28.9 Å². The molecule has 2 aromatic heterocycles. The minimum absolute atomic E-state index is 0.132. The van der Waals surface area contributed by atoms with Gasteiger partial charge in [-0.25, -0.2) is 4.39 Å². The molecule has 2 aliphatic heterocycles. The highest BCUT2D eigenvalue weighted by molar-refractivity contribution is 7.80. The molecular formula is C26H28FN5O2S. The van der Waals surface area contributed by atoms with Gasteiger partial charge in [0, 0.05) is 49.9 Å². The second-order valence-electron chi connectivity index (χ2n) is 8.85. The van der Waals surface area contributed by atoms with E-state index in [4.69, 9.17) is 17.0 Å². The molecule has 0 aliphatic carbocycles. The molecule has 0 unspecified atom stereocenters. The zero-order valence-corrected chi connectivity index (χ0v) is 20.1. The van der Waals surface area contributed by atoms with Gasteiger partial charge in [0.2, 0.25) is 5.91 Å². The molecule has 2 N–H and O–H groups in total. The highest BCUT2D eigenvalue weighted by Crippen LogP contribution is 2.39. The topological polar surface area (TPSA) is 71.4 Å². The molecule has 182 valence electrons. The number of carbonyl (C=O) groups excluding carboxylic acids is 1. The van der Waals surface area contributed by atoms with Crippen molar-refractivity contribution in [3.8, 4) is 0 Å². The molecule has 2 fully saturated rings. The normalized spacial score (nSPS) is 21.8. The largest absolute Gasteiger partial charge is 0.376 e. The number of rotatable bonds is 8. The van der Waals surface area contributed by atoms with Crippen LogP contribution in [0.5, 0.6) is 0 Å². The monoisotopic (exact) mass is 493 g/mol. The lowest BCUT2D eigenvalue weighted by Gasteiger charge is -2.29. The summed E-state index contributed by atoms with van der Waals surface area (Å²) in [4.78, 5) is 19.3. The molecule has 4 heterocycles. The zero-order valence-electron chi connectivity index (χ0n) is 19.3. The summed E-state index contributed by atoms with van der Waals surface area (Å²) in [7, 11) is 0. The second-order valence-corrected chi connectivity index (χ2v) is 9.23. The summed E-state index contributed by atoms with van der Waals surface area (Å²) < 4.78 is 21.3. The summed E-state index contributed by atoms with van der Waals surface area (Å²) in [6, 6.07) is 15.5. The minimum atomic E-state index is -0.342. The third-order valence-electron chi connectivity index (χ3n) is 6.50. The average molecular weight is 494 g/mol. The number of hydrogen-bond acceptors (Lipinski definition) is 4. The second kappa shape index (κ2) is 10.5. The predicted octanol–water partition coefficient (Wildman–Crippen LogP) is 4.20. The van der Waals surface area contributed by atoms with Crippen molar-refractivity contribution in [2.45, 2.75) is 44.0 Å². The summed E-state index contributed by atoms with van der Waals surface area (Å²) in [5, 5.41) is 6.85. The number of aromatic nitrogens is 2. The van der Waals surface area contributed by atoms with Crippen molar-refractivity contribution in [1.82, 2.24) is 19.8 Å². The van der Waals surface area contributed by atoms with E-state index in [-0.39, 0.29) is 36.3 Å². The quantitative estimate of drug-likeness (QED) is 0.459. The van der Waals surface area contributed by atoms with Gasteiger partial charge in [0.25, 0.3) is 0 Å². The van der Waals surface area contributed by atoms with E-state index in [0.29, 0.717) is 17.3 Å². The van der Waals surface area contributed by atoms with E-state index < -0.39 is 0 Å². The van der Waals surface area contributed by atoms with Crippen LogP contribution in [0.4, 0.5) is 10.1 Å². The molecule has 7 nitrogen and oxygen atoms in total. The Balaban J connectivity index is 1.36. The van der Waals surface area contributed by atoms with Gasteiger partial charge in [-0.1, -0.05) is 6.07 Å². The summed E-state index contributed by atoms with van der Waals surface area (Å²) in [6.07, 6.45) is 6.43. The summed E-state index contributed by atoms with van der Waals surface area (Å²) in [6.45, 7) is 2.01. The van der Waals surface area contributed by atoms with Crippen molar-refractivity contribution < 1.29 is 13.9 Å². The average Bonchev–Trinajstić information content (AvgIpc) is 3.61. The molecule has 1 aromatic carbocycles. The Labute approximate surface area is 209 Å². The summed E-state index contributed by atoms with van der Waals surface area (Å²) in [5.41, 5.74) is 2.55. The van der Waals surface area contributed by atoms with Crippen molar-refractivity contribution in [3.05, 3.63) is 84.2 Å². The Kier molecular flexibility index (Phi) is 7.06. The van der Waals surface area contributed by atoms with Gasteiger partial charge in [0.1, 0.15) is 5.82 Å². The number of anilines is 1. The van der Waals surface area contributed by atoms with Crippen LogP contribution in [0.15, 0.2) is 67.0 Å². The fourth-order valence-corrected chi connectivity index (χ4v) is 5.15. The molecular weight excluding hydrogens is 465 g/mol. The number of nitrogens with one attached hydrogen (secondary N) is 2. The molecule has 0 spiro atoms. The van der Waals surface area contributed by atoms with E-state index in [9.17, 15) is 9.18 Å². The fraction of sp³-hybridized carbons (Fsp3) is 0.346. The SMILES string of the molecule is O=C(CCN1C(=S)N[C@H](c2ccccn2)[C@H]1c1cccn1C[C@H]1CCCO1)Nc1ccc(F)cc1. The highest BCUT2D eigenvalue weighted by Gasteiger charge is 2.41. The van der Waals surface area contributed by atoms with Crippen LogP contribution >= 0.6 is 12.2 Å². The number of pyridine rings is 1. The van der Waals surface area contributed by atoms with E-state index in [1.165, 1.54) is 12.1 Å². The molecule has 35 heavy (non-hydrogen) atoms. The lowest BCUT2D eigenvalue weighted by Crippen LogP contribution is -2.33. The van der Waals surface area contributed by atoms with Crippen molar-refractivity contribution in [2.75, 3.05) is 18.5 Å². The van der Waals surface area contributed by atoms with E-state index in [2.05, 4.69) is 37.3 Å². The van der Waals surface area contributed by atoms with Crippen LogP contribution in [0.3, 0.4) is 0 Å². The molecule has 2 aliphatic rings. The predicted molar refractivity (Wildman–Crippen MR) is 135 cm³/mol. The number of nitrogens with zero attached hydrogens (tertiary/aromatic N) is 3. The van der Waals surface area contributed by atoms with Crippen LogP contribution in [-0.2, 0) is 16.1 Å². The molecule has 2 saturated heterocycles. The smallest absolute Gasteiger partial charge is 0.226 e. The molecule has 0 bridgehead atoms. The Morgan fingerprint density at radius 3 is 2.80 bits per heavy atom. The van der Waals surface area contributed by atoms with Crippen LogP contribution in [0, 0.1) is 5.82 Å². The third-order valence-corrected chi connectivity index (χ3v) is 6.85. The highest BCUT2D eigenvalue weighted by atomic mass is 32.1. The first-order valence-electron chi connectivity index (χ1n) is 11.9. The lowest BCUT2D eigenvalue weighted by molar-refractivity contribution is -0.116. The number of carbonyl (C=O) groups is 1. The van der Waals surface area contributed by atoms with Crippen LogP contribution in [0.1, 0.15) is 42.7 Å². The Morgan fingerprint density at radius 1 is 1.20 bits per heavy atom. The van der Waals surface area contributed by atoms with Crippen LogP contribution < -0.4 is 10.6 Å². The van der Waals surface area contributed by atoms with E-state index in [1.54, 1.807) is 18.3 Å². The number of thiocarbonyl (C=S) groups is 1. The van der Waals surface area contributed by atoms with Gasteiger partial charge >= 0.3 is 0 Å². The van der Waals surface area contributed by atoms with Crippen molar-refractivity contribution in [3.63, 3.8) is 0 Å². The van der Waals surface area contributed by atoms with Crippen LogP contribution in [-0.4, -0.2) is 44.7 Å². The number of ether oxygens (including phenoxy) is 1. The molecule has 3 aromatic rings. The first-order valence-corrected chi connectivity index (χ1v) is 12.3. The maximum Gasteiger partial charge on any atom is 0.226 e. The number of amides is 1. The van der Waals surface area contributed by atoms with Gasteiger partial charge in [0.15, 0.2) is 5.11 Å². The van der Waals surface area contributed by atoms with Gasteiger partial charge in [-0.05, 0) is 73.6 Å². The van der Waals surface area contributed by atoms with Crippen molar-refractivity contribution in [1.29, 1.82) is 0 Å². The molecule has 0 radical (unpaired) electrons. The van der Waals surface area contributed by atoms with Gasteiger partial charge in [-0.15, -0.1) is 0 Å². The summed E-state index contributed by atoms with van der Waals surface area (Å²) in [5.74, 6) is -0.500. The first kappa shape index (κ1) is 23.4. The van der Waals surface area contributed by atoms with Crippen molar-refractivity contribution in [2.24, 2.45) is 0 Å². The number of hydrogen-bond donors (Lipinski definition) is 2. The molecule has 3 atom stereocenters. The maximum atomic E-state index is 13.2. The lowest BCUT2D eigenvalue weighted by atomic mass is 10.0. The maximum absolute atomic E-state index is 13.2. The molecule has 0 saturated carbocycles. The van der Waals surface area contributed by atoms with Gasteiger partial charge in [-0.2, -0.15) is 0 Å². The number of benzene rings is 1. The fourth-order valence-electron chi connectivity index (χ4n) is 4.82. The zero-order chi connectivity index (χ0) is 24.2. The Hall–Kier alpha value is -3.30. The van der Waals surface area contributed by atoms with E-state index in [1.807, 2.05) is 24.3 Å². The molecule has 5 rings (SSSR count). The first-order chi connectivity index (χ1) is 17.1. The van der Waals surface area contributed by atoms with E-state index in [0.717, 1.165) is 37.4 Å².